The Morgan fingerprint density at radius 3 is 0.706 bits per heavy atom. The van der Waals surface area contributed by atoms with Crippen molar-refractivity contribution in [3.8, 4) is 0 Å². The number of unbranched alkanes of at least 4 members (excludes halogenated alkanes) is 13. The van der Waals surface area contributed by atoms with Gasteiger partial charge in [0.15, 0.2) is 0 Å². The maximum atomic E-state index is 2.29. The molecular weight excluding hydrogens is 216 g/mol. The lowest BCUT2D eigenvalue weighted by Gasteiger charge is -2.02. The molecule has 0 N–H and O–H groups in total. The van der Waals surface area contributed by atoms with E-state index in [1.807, 2.05) is 0 Å². The average molecular weight is 251 g/mol. The Bertz CT molecular complexity index is 98.1. The molecule has 0 amide bonds. The lowest BCUT2D eigenvalue weighted by Crippen LogP contribution is -1.82. The summed E-state index contributed by atoms with van der Waals surface area (Å²) in [6.07, 6.45) is 20.4. The van der Waals surface area contributed by atoms with Crippen LogP contribution in [0.1, 0.15) is 104 Å². The fraction of sp³-hybridized carbons (Fsp3) is 1.00. The first-order valence-corrected chi connectivity index (χ1v) is 7.91. The van der Waals surface area contributed by atoms with Crippen LogP contribution in [0.15, 0.2) is 0 Å². The van der Waals surface area contributed by atoms with Crippen molar-refractivity contribution in [1.29, 1.82) is 0 Å². The second-order valence-corrected chi connectivity index (χ2v) is 5.24. The SMILES string of the molecule is CCCCCCCCCCCCCCCC.[Mg]. The van der Waals surface area contributed by atoms with Gasteiger partial charge in [-0.05, 0) is 0 Å². The van der Waals surface area contributed by atoms with Crippen LogP contribution in [-0.2, 0) is 0 Å². The van der Waals surface area contributed by atoms with E-state index < -0.39 is 0 Å². The van der Waals surface area contributed by atoms with Gasteiger partial charge >= 0.3 is 0 Å². The molecule has 0 nitrogen and oxygen atoms in total. The van der Waals surface area contributed by atoms with Gasteiger partial charge in [0, 0.05) is 23.1 Å². The summed E-state index contributed by atoms with van der Waals surface area (Å²) in [6.45, 7) is 4.58. The minimum Gasteiger partial charge on any atom is -0.0654 e. The largest absolute Gasteiger partial charge is 0.0654 e. The minimum atomic E-state index is 0. The second kappa shape index (κ2) is 19.1. The Labute approximate surface area is 126 Å². The van der Waals surface area contributed by atoms with Crippen LogP contribution in [0, 0.1) is 0 Å². The lowest BCUT2D eigenvalue weighted by atomic mass is 10.0. The Hall–Kier alpha value is 0.766. The molecule has 100 valence electrons. The molecule has 0 saturated carbocycles. The zero-order chi connectivity index (χ0) is 11.9. The molecule has 0 aliphatic carbocycles. The van der Waals surface area contributed by atoms with Gasteiger partial charge in [-0.2, -0.15) is 0 Å². The molecule has 0 bridgehead atoms. The highest BCUT2D eigenvalue weighted by Crippen LogP contribution is 2.12. The fourth-order valence-electron chi connectivity index (χ4n) is 2.27. The maximum Gasteiger partial charge on any atom is 0 e. The van der Waals surface area contributed by atoms with E-state index in [0.717, 1.165) is 0 Å². The quantitative estimate of drug-likeness (QED) is 0.273. The third kappa shape index (κ3) is 19.3. The highest BCUT2D eigenvalue weighted by Gasteiger charge is 1.92. The first-order chi connectivity index (χ1) is 7.91. The predicted molar refractivity (Wildman–Crippen MR) is 81.7 cm³/mol. The molecule has 0 aliphatic rings. The van der Waals surface area contributed by atoms with Crippen molar-refractivity contribution in [2.45, 2.75) is 104 Å². The van der Waals surface area contributed by atoms with Gasteiger partial charge in [0.05, 0.1) is 0 Å². The van der Waals surface area contributed by atoms with Gasteiger partial charge in [-0.1, -0.05) is 104 Å². The molecular formula is C16H34Mg. The highest BCUT2D eigenvalue weighted by molar-refractivity contribution is 5.75. The Balaban J connectivity index is 0. The van der Waals surface area contributed by atoms with E-state index >= 15 is 0 Å². The van der Waals surface area contributed by atoms with E-state index in [4.69, 9.17) is 0 Å². The van der Waals surface area contributed by atoms with Crippen molar-refractivity contribution < 1.29 is 0 Å². The summed E-state index contributed by atoms with van der Waals surface area (Å²) >= 11 is 0. The monoisotopic (exact) mass is 250 g/mol. The lowest BCUT2D eigenvalue weighted by molar-refractivity contribution is 0.538. The number of hydrogen-bond donors (Lipinski definition) is 0. The van der Waals surface area contributed by atoms with Crippen molar-refractivity contribution in [2.75, 3.05) is 0 Å². The normalized spacial score (nSPS) is 10.2. The van der Waals surface area contributed by atoms with Crippen LogP contribution in [0.5, 0.6) is 0 Å². The molecule has 0 atom stereocenters. The average Bonchev–Trinajstić information content (AvgIpc) is 2.31. The van der Waals surface area contributed by atoms with E-state index in [1.54, 1.807) is 0 Å². The number of rotatable bonds is 13. The van der Waals surface area contributed by atoms with Crippen molar-refractivity contribution >= 4 is 23.1 Å². The van der Waals surface area contributed by atoms with E-state index in [-0.39, 0.29) is 23.1 Å². The van der Waals surface area contributed by atoms with E-state index in [0.29, 0.717) is 0 Å². The Morgan fingerprint density at radius 1 is 0.353 bits per heavy atom. The van der Waals surface area contributed by atoms with E-state index in [1.165, 1.54) is 89.9 Å². The van der Waals surface area contributed by atoms with Crippen LogP contribution in [0.3, 0.4) is 0 Å². The van der Waals surface area contributed by atoms with Crippen LogP contribution in [0.2, 0.25) is 0 Å². The zero-order valence-corrected chi connectivity index (χ0v) is 14.0. The maximum absolute atomic E-state index is 2.29. The van der Waals surface area contributed by atoms with E-state index in [2.05, 4.69) is 13.8 Å². The molecule has 0 rings (SSSR count). The van der Waals surface area contributed by atoms with Crippen LogP contribution in [0.4, 0.5) is 0 Å². The summed E-state index contributed by atoms with van der Waals surface area (Å²) in [4.78, 5) is 0. The molecule has 0 heterocycles. The first kappa shape index (κ1) is 20.1. The van der Waals surface area contributed by atoms with Crippen LogP contribution in [-0.4, -0.2) is 23.1 Å². The molecule has 1 heteroatoms. The first-order valence-electron chi connectivity index (χ1n) is 7.91. The zero-order valence-electron chi connectivity index (χ0n) is 12.6. The molecule has 0 fully saturated rings. The Morgan fingerprint density at radius 2 is 0.529 bits per heavy atom. The van der Waals surface area contributed by atoms with Gasteiger partial charge in [0.2, 0.25) is 0 Å². The second-order valence-electron chi connectivity index (χ2n) is 5.24. The van der Waals surface area contributed by atoms with Gasteiger partial charge in [-0.15, -0.1) is 0 Å². The smallest absolute Gasteiger partial charge is 0 e. The number of hydrogen-bond acceptors (Lipinski definition) is 0. The van der Waals surface area contributed by atoms with Gasteiger partial charge in [0.1, 0.15) is 0 Å². The van der Waals surface area contributed by atoms with Gasteiger partial charge < -0.3 is 0 Å². The van der Waals surface area contributed by atoms with Crippen LogP contribution in [0.25, 0.3) is 0 Å². The van der Waals surface area contributed by atoms with Crippen molar-refractivity contribution in [3.05, 3.63) is 0 Å². The standard InChI is InChI=1S/C16H34.Mg/c1-3-5-7-9-11-13-15-16-14-12-10-8-6-4-2;/h3-16H2,1-2H3;. The minimum absolute atomic E-state index is 0. The molecule has 0 saturated heterocycles. The molecule has 2 radical (unpaired) electrons. The van der Waals surface area contributed by atoms with Gasteiger partial charge in [-0.25, -0.2) is 0 Å². The summed E-state index contributed by atoms with van der Waals surface area (Å²) in [6, 6.07) is 0. The molecule has 0 aliphatic heterocycles. The summed E-state index contributed by atoms with van der Waals surface area (Å²) in [5.41, 5.74) is 0. The topological polar surface area (TPSA) is 0 Å². The van der Waals surface area contributed by atoms with E-state index in [9.17, 15) is 0 Å². The molecule has 0 aromatic heterocycles. The Kier molecular flexibility index (Phi) is 22.6. The predicted octanol–water partition coefficient (Wildman–Crippen LogP) is 6.11. The molecule has 0 spiro atoms. The van der Waals surface area contributed by atoms with Crippen LogP contribution < -0.4 is 0 Å². The van der Waals surface area contributed by atoms with Gasteiger partial charge in [0.25, 0.3) is 0 Å². The third-order valence-corrected chi connectivity index (χ3v) is 3.46. The summed E-state index contributed by atoms with van der Waals surface area (Å²) in [5, 5.41) is 0. The van der Waals surface area contributed by atoms with Crippen molar-refractivity contribution in [3.63, 3.8) is 0 Å². The summed E-state index contributed by atoms with van der Waals surface area (Å²) in [5.74, 6) is 0. The summed E-state index contributed by atoms with van der Waals surface area (Å²) in [7, 11) is 0. The molecule has 0 aromatic rings. The fourth-order valence-corrected chi connectivity index (χ4v) is 2.27. The van der Waals surface area contributed by atoms with Crippen molar-refractivity contribution in [2.24, 2.45) is 0 Å². The van der Waals surface area contributed by atoms with Crippen LogP contribution >= 0.6 is 0 Å². The summed E-state index contributed by atoms with van der Waals surface area (Å²) < 4.78 is 0. The molecule has 0 aromatic carbocycles. The van der Waals surface area contributed by atoms with Crippen molar-refractivity contribution in [1.82, 2.24) is 0 Å². The van der Waals surface area contributed by atoms with Gasteiger partial charge in [-0.3, -0.25) is 0 Å². The third-order valence-electron chi connectivity index (χ3n) is 3.46. The highest BCUT2D eigenvalue weighted by atomic mass is 24.3. The molecule has 0 unspecified atom stereocenters. The molecule has 17 heavy (non-hydrogen) atoms.